The molecule has 1 rings (SSSR count). The molecule has 0 saturated carbocycles. The number of nitrogens with zero attached hydrogens (tertiary/aromatic N) is 2. The van der Waals surface area contributed by atoms with Gasteiger partial charge in [0, 0.05) is 11.7 Å². The second-order valence-electron chi connectivity index (χ2n) is 2.78. The zero-order valence-electron chi connectivity index (χ0n) is 7.13. The van der Waals surface area contributed by atoms with E-state index in [2.05, 4.69) is 53.1 Å². The smallest absolute Gasteiger partial charge is 0.0626 e. The third-order valence-electron chi connectivity index (χ3n) is 1.99. The van der Waals surface area contributed by atoms with Crippen molar-refractivity contribution in [3.8, 4) is 0 Å². The molecule has 0 unspecified atom stereocenters. The first-order chi connectivity index (χ1) is 5.16. The van der Waals surface area contributed by atoms with Crippen molar-refractivity contribution in [2.45, 2.75) is 33.2 Å². The van der Waals surface area contributed by atoms with Crippen LogP contribution >= 0.6 is 22.6 Å². The van der Waals surface area contributed by atoms with E-state index in [9.17, 15) is 0 Å². The molecular formula is C8H13IN2. The van der Waals surface area contributed by atoms with Gasteiger partial charge in [0.05, 0.1) is 9.77 Å². The molecule has 11 heavy (non-hydrogen) atoms. The van der Waals surface area contributed by atoms with E-state index < -0.39 is 0 Å². The molecule has 0 aliphatic carbocycles. The molecule has 62 valence electrons. The fourth-order valence-electron chi connectivity index (χ4n) is 1.02. The molecule has 1 atom stereocenters. The van der Waals surface area contributed by atoms with E-state index in [0.717, 1.165) is 6.42 Å². The van der Waals surface area contributed by atoms with Crippen molar-refractivity contribution >= 4 is 22.6 Å². The van der Waals surface area contributed by atoms with E-state index in [-0.39, 0.29) is 0 Å². The quantitative estimate of drug-likeness (QED) is 0.751. The number of aromatic nitrogens is 2. The largest absolute Gasteiger partial charge is 0.266 e. The van der Waals surface area contributed by atoms with Crippen LogP contribution in [0, 0.1) is 10.5 Å². The normalized spacial score (nSPS) is 13.5. The van der Waals surface area contributed by atoms with Gasteiger partial charge in [0.1, 0.15) is 0 Å². The predicted octanol–water partition coefficient (Wildman–Crippen LogP) is 2.77. The van der Waals surface area contributed by atoms with Gasteiger partial charge < -0.3 is 0 Å². The number of halogens is 1. The maximum absolute atomic E-state index is 4.30. The summed E-state index contributed by atoms with van der Waals surface area (Å²) in [5.41, 5.74) is 1.28. The summed E-state index contributed by atoms with van der Waals surface area (Å²) in [6, 6.07) is 0.526. The van der Waals surface area contributed by atoms with Crippen LogP contribution in [0.25, 0.3) is 0 Å². The first-order valence-electron chi connectivity index (χ1n) is 3.86. The first kappa shape index (κ1) is 9.03. The van der Waals surface area contributed by atoms with Gasteiger partial charge in [-0.1, -0.05) is 6.92 Å². The molecular weight excluding hydrogens is 251 g/mol. The van der Waals surface area contributed by atoms with Crippen LogP contribution in [0.2, 0.25) is 0 Å². The van der Waals surface area contributed by atoms with Crippen LogP contribution < -0.4 is 0 Å². The molecule has 0 N–H and O–H groups in total. The van der Waals surface area contributed by atoms with Crippen LogP contribution in [0.4, 0.5) is 0 Å². The molecule has 0 fully saturated rings. The van der Waals surface area contributed by atoms with Crippen LogP contribution in [0.15, 0.2) is 6.20 Å². The van der Waals surface area contributed by atoms with E-state index in [1.54, 1.807) is 0 Å². The minimum atomic E-state index is 0.526. The Morgan fingerprint density at radius 2 is 2.36 bits per heavy atom. The van der Waals surface area contributed by atoms with Crippen LogP contribution in [0.3, 0.4) is 0 Å². The molecule has 1 heterocycles. The molecule has 2 nitrogen and oxygen atoms in total. The first-order valence-corrected chi connectivity index (χ1v) is 4.94. The molecule has 0 aliphatic rings. The molecule has 0 saturated heterocycles. The average Bonchev–Trinajstić information content (AvgIpc) is 2.32. The van der Waals surface area contributed by atoms with Crippen LogP contribution in [-0.4, -0.2) is 9.78 Å². The minimum Gasteiger partial charge on any atom is -0.266 e. The number of rotatable bonds is 2. The van der Waals surface area contributed by atoms with Gasteiger partial charge in [-0.3, -0.25) is 4.68 Å². The topological polar surface area (TPSA) is 17.8 Å². The van der Waals surface area contributed by atoms with Gasteiger partial charge in [-0.05, 0) is 42.9 Å². The van der Waals surface area contributed by atoms with Gasteiger partial charge in [-0.2, -0.15) is 5.10 Å². The van der Waals surface area contributed by atoms with Crippen LogP contribution in [0.5, 0.6) is 0 Å². The Morgan fingerprint density at radius 1 is 1.73 bits per heavy atom. The highest BCUT2D eigenvalue weighted by Crippen LogP contribution is 2.16. The van der Waals surface area contributed by atoms with E-state index >= 15 is 0 Å². The van der Waals surface area contributed by atoms with Gasteiger partial charge in [0.15, 0.2) is 0 Å². The lowest BCUT2D eigenvalue weighted by Gasteiger charge is -2.10. The Morgan fingerprint density at radius 3 is 2.73 bits per heavy atom. The molecule has 0 radical (unpaired) electrons. The standard InChI is InChI=1S/C8H13IN2/c1-4-6(2)11-7(3)8(9)5-10-11/h5-6H,4H2,1-3H3/t6-/m1/s1. The molecule has 0 amide bonds. The van der Waals surface area contributed by atoms with E-state index in [0.29, 0.717) is 6.04 Å². The van der Waals surface area contributed by atoms with Crippen LogP contribution in [-0.2, 0) is 0 Å². The lowest BCUT2D eigenvalue weighted by molar-refractivity contribution is 0.467. The lowest BCUT2D eigenvalue weighted by atomic mass is 10.2. The van der Waals surface area contributed by atoms with E-state index in [4.69, 9.17) is 0 Å². The number of hydrogen-bond donors (Lipinski definition) is 0. The Hall–Kier alpha value is -0.0600. The van der Waals surface area contributed by atoms with Crippen molar-refractivity contribution in [3.05, 3.63) is 15.5 Å². The highest BCUT2D eigenvalue weighted by atomic mass is 127. The van der Waals surface area contributed by atoms with Crippen molar-refractivity contribution in [3.63, 3.8) is 0 Å². The molecule has 3 heteroatoms. The summed E-state index contributed by atoms with van der Waals surface area (Å²) in [7, 11) is 0. The van der Waals surface area contributed by atoms with Gasteiger partial charge >= 0.3 is 0 Å². The molecule has 0 spiro atoms. The summed E-state index contributed by atoms with van der Waals surface area (Å²) in [4.78, 5) is 0. The third kappa shape index (κ3) is 1.75. The van der Waals surface area contributed by atoms with E-state index in [1.165, 1.54) is 9.26 Å². The fraction of sp³-hybridized carbons (Fsp3) is 0.625. The molecule has 0 bridgehead atoms. The van der Waals surface area contributed by atoms with Crippen molar-refractivity contribution < 1.29 is 0 Å². The highest BCUT2D eigenvalue weighted by molar-refractivity contribution is 14.1. The lowest BCUT2D eigenvalue weighted by Crippen LogP contribution is -2.07. The molecule has 1 aromatic rings. The van der Waals surface area contributed by atoms with Gasteiger partial charge in [0.25, 0.3) is 0 Å². The van der Waals surface area contributed by atoms with Crippen LogP contribution in [0.1, 0.15) is 32.0 Å². The van der Waals surface area contributed by atoms with Crippen molar-refractivity contribution in [2.24, 2.45) is 0 Å². The third-order valence-corrected chi connectivity index (χ3v) is 3.05. The molecule has 0 aromatic carbocycles. The summed E-state index contributed by atoms with van der Waals surface area (Å²) in [5.74, 6) is 0. The van der Waals surface area contributed by atoms with Gasteiger partial charge in [-0.25, -0.2) is 0 Å². The molecule has 0 aliphatic heterocycles. The predicted molar refractivity (Wildman–Crippen MR) is 54.7 cm³/mol. The van der Waals surface area contributed by atoms with Crippen molar-refractivity contribution in [1.29, 1.82) is 0 Å². The zero-order valence-corrected chi connectivity index (χ0v) is 9.29. The fourth-order valence-corrected chi connectivity index (χ4v) is 1.39. The number of hydrogen-bond acceptors (Lipinski definition) is 1. The monoisotopic (exact) mass is 264 g/mol. The maximum Gasteiger partial charge on any atom is 0.0626 e. The van der Waals surface area contributed by atoms with Crippen molar-refractivity contribution in [1.82, 2.24) is 9.78 Å². The van der Waals surface area contributed by atoms with Gasteiger partial charge in [0.2, 0.25) is 0 Å². The SMILES string of the molecule is CC[C@@H](C)n1ncc(I)c1C. The second kappa shape index (κ2) is 3.56. The average molecular weight is 264 g/mol. The summed E-state index contributed by atoms with van der Waals surface area (Å²) in [6.45, 7) is 6.48. The zero-order chi connectivity index (χ0) is 8.43. The Kier molecular flexibility index (Phi) is 2.92. The summed E-state index contributed by atoms with van der Waals surface area (Å²) < 4.78 is 3.34. The maximum atomic E-state index is 4.30. The van der Waals surface area contributed by atoms with Gasteiger partial charge in [-0.15, -0.1) is 0 Å². The Bertz CT molecular complexity index is 242. The molecule has 1 aromatic heterocycles. The second-order valence-corrected chi connectivity index (χ2v) is 3.94. The highest BCUT2D eigenvalue weighted by Gasteiger charge is 2.07. The summed E-state index contributed by atoms with van der Waals surface area (Å²) in [6.07, 6.45) is 3.06. The Labute approximate surface area is 81.1 Å². The van der Waals surface area contributed by atoms with E-state index in [1.807, 2.05) is 6.20 Å². The summed E-state index contributed by atoms with van der Waals surface area (Å²) >= 11 is 2.31. The Balaban J connectivity index is 2.94. The van der Waals surface area contributed by atoms with Crippen molar-refractivity contribution in [2.75, 3.05) is 0 Å². The summed E-state index contributed by atoms with van der Waals surface area (Å²) in [5, 5.41) is 4.30. The minimum absolute atomic E-state index is 0.526.